The van der Waals surface area contributed by atoms with Crippen molar-refractivity contribution >= 4 is 0 Å². The highest BCUT2D eigenvalue weighted by Crippen LogP contribution is 2.42. The molecule has 0 atom stereocenters. The summed E-state index contributed by atoms with van der Waals surface area (Å²) in [5, 5.41) is 30.4. The lowest BCUT2D eigenvalue weighted by atomic mass is 9.89. The second-order valence-electron chi connectivity index (χ2n) is 5.12. The summed E-state index contributed by atoms with van der Waals surface area (Å²) in [7, 11) is 0. The molecule has 3 N–H and O–H groups in total. The third-order valence-corrected chi connectivity index (χ3v) is 4.00. The van der Waals surface area contributed by atoms with Crippen LogP contribution < -0.4 is 0 Å². The molecule has 2 aromatic rings. The number of aryl methyl sites for hydroxylation is 1. The van der Waals surface area contributed by atoms with Crippen molar-refractivity contribution in [3.63, 3.8) is 0 Å². The van der Waals surface area contributed by atoms with Crippen LogP contribution in [0.5, 0.6) is 17.2 Å². The molecule has 0 aliphatic rings. The zero-order chi connectivity index (χ0) is 15.6. The summed E-state index contributed by atoms with van der Waals surface area (Å²) >= 11 is 0. The van der Waals surface area contributed by atoms with Crippen molar-refractivity contribution in [2.75, 3.05) is 0 Å². The van der Waals surface area contributed by atoms with Gasteiger partial charge in [0.05, 0.1) is 0 Å². The summed E-state index contributed by atoms with van der Waals surface area (Å²) in [5.74, 6) is 0.0293. The van der Waals surface area contributed by atoms with Crippen LogP contribution in [-0.2, 0) is 19.3 Å². The van der Waals surface area contributed by atoms with Gasteiger partial charge in [-0.15, -0.1) is 0 Å². The van der Waals surface area contributed by atoms with Gasteiger partial charge in [-0.25, -0.2) is 0 Å². The highest BCUT2D eigenvalue weighted by Gasteiger charge is 2.18. The Hall–Kier alpha value is -2.16. The van der Waals surface area contributed by atoms with Gasteiger partial charge in [0.25, 0.3) is 0 Å². The first-order valence-electron chi connectivity index (χ1n) is 7.42. The number of rotatable bonds is 4. The lowest BCUT2D eigenvalue weighted by Gasteiger charge is -2.18. The fraction of sp³-hybridized carbons (Fsp3) is 0.333. The number of aromatic hydroxyl groups is 3. The maximum absolute atomic E-state index is 10.6. The van der Waals surface area contributed by atoms with Crippen LogP contribution in [0.15, 0.2) is 24.3 Å². The Balaban J connectivity index is 2.79. The maximum Gasteiger partial charge on any atom is 0.165 e. The Labute approximate surface area is 125 Å². The van der Waals surface area contributed by atoms with Crippen LogP contribution in [-0.4, -0.2) is 15.3 Å². The van der Waals surface area contributed by atoms with Gasteiger partial charge in [0.15, 0.2) is 11.5 Å². The molecule has 0 saturated carbocycles. The third-order valence-electron chi connectivity index (χ3n) is 4.00. The van der Waals surface area contributed by atoms with Gasteiger partial charge in [-0.3, -0.25) is 0 Å². The van der Waals surface area contributed by atoms with Crippen molar-refractivity contribution in [3.8, 4) is 28.4 Å². The molecule has 0 aromatic heterocycles. The van der Waals surface area contributed by atoms with E-state index in [1.165, 1.54) is 6.07 Å². The number of phenolic OH excluding ortho intramolecular Hbond substituents is 3. The summed E-state index contributed by atoms with van der Waals surface area (Å²) in [4.78, 5) is 0. The van der Waals surface area contributed by atoms with Crippen LogP contribution in [0.3, 0.4) is 0 Å². The molecule has 112 valence electrons. The molecule has 0 spiro atoms. The van der Waals surface area contributed by atoms with Crippen LogP contribution in [0.1, 0.15) is 37.5 Å². The first kappa shape index (κ1) is 15.2. The maximum atomic E-state index is 10.6. The molecule has 21 heavy (non-hydrogen) atoms. The zero-order valence-corrected chi connectivity index (χ0v) is 12.8. The summed E-state index contributed by atoms with van der Waals surface area (Å²) in [6, 6.07) is 6.92. The van der Waals surface area contributed by atoms with Gasteiger partial charge >= 0.3 is 0 Å². The Kier molecular flexibility index (Phi) is 4.41. The molecule has 0 fully saturated rings. The van der Waals surface area contributed by atoms with Gasteiger partial charge in [-0.2, -0.15) is 0 Å². The molecule has 0 radical (unpaired) electrons. The average molecular weight is 286 g/mol. The van der Waals surface area contributed by atoms with Crippen LogP contribution in [0.4, 0.5) is 0 Å². The Morgan fingerprint density at radius 1 is 0.762 bits per heavy atom. The highest BCUT2D eigenvalue weighted by molar-refractivity contribution is 5.79. The van der Waals surface area contributed by atoms with E-state index in [4.69, 9.17) is 0 Å². The predicted octanol–water partition coefficient (Wildman–Crippen LogP) is 4.16. The van der Waals surface area contributed by atoms with E-state index in [-0.39, 0.29) is 11.5 Å². The largest absolute Gasteiger partial charge is 0.507 e. The molecule has 3 heteroatoms. The third kappa shape index (κ3) is 2.56. The van der Waals surface area contributed by atoms with Crippen molar-refractivity contribution in [1.29, 1.82) is 0 Å². The number of hydrogen-bond donors (Lipinski definition) is 3. The van der Waals surface area contributed by atoms with Crippen molar-refractivity contribution in [1.82, 2.24) is 0 Å². The zero-order valence-electron chi connectivity index (χ0n) is 12.8. The van der Waals surface area contributed by atoms with Crippen molar-refractivity contribution in [2.24, 2.45) is 0 Å². The average Bonchev–Trinajstić information content (AvgIpc) is 2.49. The molecule has 0 aliphatic carbocycles. The molecule has 0 amide bonds. The van der Waals surface area contributed by atoms with E-state index in [0.717, 1.165) is 35.1 Å². The van der Waals surface area contributed by atoms with E-state index in [2.05, 4.69) is 0 Å². The summed E-state index contributed by atoms with van der Waals surface area (Å²) in [6.07, 6.45) is 2.24. The van der Waals surface area contributed by atoms with Crippen molar-refractivity contribution in [3.05, 3.63) is 41.0 Å². The Bertz CT molecular complexity index is 660. The minimum atomic E-state index is -0.147. The topological polar surface area (TPSA) is 60.7 Å². The van der Waals surface area contributed by atoms with Gasteiger partial charge in [0, 0.05) is 11.1 Å². The summed E-state index contributed by atoms with van der Waals surface area (Å²) in [5.41, 5.74) is 4.20. The van der Waals surface area contributed by atoms with E-state index in [9.17, 15) is 15.3 Å². The van der Waals surface area contributed by atoms with Crippen LogP contribution >= 0.6 is 0 Å². The lowest BCUT2D eigenvalue weighted by Crippen LogP contribution is -1.99. The highest BCUT2D eigenvalue weighted by atomic mass is 16.3. The molecule has 0 bridgehead atoms. The smallest absolute Gasteiger partial charge is 0.165 e. The Morgan fingerprint density at radius 3 is 2.00 bits per heavy atom. The van der Waals surface area contributed by atoms with Gasteiger partial charge in [-0.05, 0) is 42.0 Å². The molecule has 3 nitrogen and oxygen atoms in total. The SMILES string of the molecule is CCc1cc(-c2cccc(O)c2O)c(CC)c(O)c1CC. The van der Waals surface area contributed by atoms with Gasteiger partial charge in [0.2, 0.25) is 0 Å². The van der Waals surface area contributed by atoms with Crippen molar-refractivity contribution in [2.45, 2.75) is 40.0 Å². The number of para-hydroxylation sites is 1. The summed E-state index contributed by atoms with van der Waals surface area (Å²) < 4.78 is 0. The first-order chi connectivity index (χ1) is 10.0. The Morgan fingerprint density at radius 2 is 1.43 bits per heavy atom. The molecule has 0 heterocycles. The lowest BCUT2D eigenvalue weighted by molar-refractivity contribution is 0.405. The van der Waals surface area contributed by atoms with E-state index in [1.807, 2.05) is 26.8 Å². The summed E-state index contributed by atoms with van der Waals surface area (Å²) in [6.45, 7) is 6.05. The van der Waals surface area contributed by atoms with E-state index >= 15 is 0 Å². The van der Waals surface area contributed by atoms with E-state index < -0.39 is 0 Å². The fourth-order valence-corrected chi connectivity index (χ4v) is 2.87. The predicted molar refractivity (Wildman–Crippen MR) is 85.0 cm³/mol. The van der Waals surface area contributed by atoms with Gasteiger partial charge in [0.1, 0.15) is 5.75 Å². The van der Waals surface area contributed by atoms with Gasteiger partial charge in [-0.1, -0.05) is 39.0 Å². The fourth-order valence-electron chi connectivity index (χ4n) is 2.87. The molecule has 0 unspecified atom stereocenters. The molecule has 0 aliphatic heterocycles. The van der Waals surface area contributed by atoms with Crippen LogP contribution in [0.2, 0.25) is 0 Å². The van der Waals surface area contributed by atoms with E-state index in [1.54, 1.807) is 12.1 Å². The monoisotopic (exact) mass is 286 g/mol. The standard InChI is InChI=1S/C18H22O3/c1-4-11-10-15(13(6-3)17(20)12(11)5-2)14-8-7-9-16(19)18(14)21/h7-10,19-21H,4-6H2,1-3H3. The van der Waals surface area contributed by atoms with Crippen LogP contribution in [0, 0.1) is 0 Å². The second kappa shape index (κ2) is 6.08. The molecule has 2 rings (SSSR count). The van der Waals surface area contributed by atoms with E-state index in [0.29, 0.717) is 17.7 Å². The number of benzene rings is 2. The van der Waals surface area contributed by atoms with Gasteiger partial charge < -0.3 is 15.3 Å². The normalized spacial score (nSPS) is 10.8. The molecular weight excluding hydrogens is 264 g/mol. The number of phenols is 3. The molecule has 2 aromatic carbocycles. The second-order valence-corrected chi connectivity index (χ2v) is 5.12. The van der Waals surface area contributed by atoms with Crippen molar-refractivity contribution < 1.29 is 15.3 Å². The molecule has 0 saturated heterocycles. The minimum Gasteiger partial charge on any atom is -0.507 e. The molecular formula is C18H22O3. The minimum absolute atomic E-state index is 0.141. The number of hydrogen-bond acceptors (Lipinski definition) is 3. The van der Waals surface area contributed by atoms with Crippen LogP contribution in [0.25, 0.3) is 11.1 Å². The quantitative estimate of drug-likeness (QED) is 0.740. The first-order valence-corrected chi connectivity index (χ1v) is 7.42.